The van der Waals surface area contributed by atoms with Crippen LogP contribution in [0.1, 0.15) is 18.2 Å². The van der Waals surface area contributed by atoms with Crippen LogP contribution < -0.4 is 15.2 Å². The first-order valence-corrected chi connectivity index (χ1v) is 6.82. The van der Waals surface area contributed by atoms with Crippen LogP contribution in [0.3, 0.4) is 0 Å². The van der Waals surface area contributed by atoms with Gasteiger partial charge in [0.25, 0.3) is 0 Å². The molecule has 0 saturated heterocycles. The molecule has 0 fully saturated rings. The van der Waals surface area contributed by atoms with Gasteiger partial charge in [-0.2, -0.15) is 5.10 Å². The van der Waals surface area contributed by atoms with Crippen LogP contribution in [0.4, 0.5) is 0 Å². The number of aryl methyl sites for hydroxylation is 1. The quantitative estimate of drug-likeness (QED) is 0.600. The van der Waals surface area contributed by atoms with Gasteiger partial charge >= 0.3 is 0 Å². The summed E-state index contributed by atoms with van der Waals surface area (Å²) in [7, 11) is 1.91. The Balaban J connectivity index is 2.04. The van der Waals surface area contributed by atoms with E-state index in [2.05, 4.69) is 5.10 Å². The molecule has 2 aromatic rings. The number of rotatable bonds is 7. The summed E-state index contributed by atoms with van der Waals surface area (Å²) in [6.07, 6.45) is 2.53. The Morgan fingerprint density at radius 2 is 2.10 bits per heavy atom. The molecule has 112 valence electrons. The van der Waals surface area contributed by atoms with Gasteiger partial charge in [-0.15, -0.1) is 0 Å². The molecule has 6 nitrogen and oxygen atoms in total. The van der Waals surface area contributed by atoms with Crippen molar-refractivity contribution in [1.82, 2.24) is 9.78 Å². The molecule has 6 heteroatoms. The highest BCUT2D eigenvalue weighted by atomic mass is 16.5. The van der Waals surface area contributed by atoms with Crippen molar-refractivity contribution in [1.29, 1.82) is 5.41 Å². The molecule has 0 unspecified atom stereocenters. The van der Waals surface area contributed by atoms with Gasteiger partial charge in [0.15, 0.2) is 11.5 Å². The summed E-state index contributed by atoms with van der Waals surface area (Å²) < 4.78 is 13.1. The molecule has 1 aromatic carbocycles. The molecule has 0 aliphatic rings. The third-order valence-corrected chi connectivity index (χ3v) is 3.09. The van der Waals surface area contributed by atoms with Crippen LogP contribution in [0.2, 0.25) is 0 Å². The first-order chi connectivity index (χ1) is 10.1. The second-order valence-electron chi connectivity index (χ2n) is 4.55. The molecule has 0 radical (unpaired) electrons. The van der Waals surface area contributed by atoms with Crippen LogP contribution in [0, 0.1) is 5.41 Å². The van der Waals surface area contributed by atoms with E-state index in [1.807, 2.05) is 24.7 Å². The highest BCUT2D eigenvalue weighted by Gasteiger charge is 2.08. The molecular weight excluding hydrogens is 268 g/mol. The van der Waals surface area contributed by atoms with E-state index in [4.69, 9.17) is 20.6 Å². The maximum absolute atomic E-state index is 7.46. The van der Waals surface area contributed by atoms with Crippen molar-refractivity contribution in [3.05, 3.63) is 41.7 Å². The summed E-state index contributed by atoms with van der Waals surface area (Å²) in [5.74, 6) is 1.27. The van der Waals surface area contributed by atoms with E-state index in [9.17, 15) is 0 Å². The number of hydrogen-bond donors (Lipinski definition) is 2. The summed E-state index contributed by atoms with van der Waals surface area (Å²) in [6, 6.07) is 7.23. The van der Waals surface area contributed by atoms with E-state index in [1.165, 1.54) is 0 Å². The zero-order chi connectivity index (χ0) is 15.2. The number of nitrogen functional groups attached to an aromatic ring is 1. The fourth-order valence-electron chi connectivity index (χ4n) is 1.98. The Labute approximate surface area is 124 Å². The number of aromatic nitrogens is 2. The van der Waals surface area contributed by atoms with Crippen molar-refractivity contribution >= 4 is 5.84 Å². The van der Waals surface area contributed by atoms with Gasteiger partial charge in [-0.1, -0.05) is 0 Å². The number of nitrogens with zero attached hydrogens (tertiary/aromatic N) is 2. The summed E-state index contributed by atoms with van der Waals surface area (Å²) in [4.78, 5) is 0. The monoisotopic (exact) mass is 288 g/mol. The molecule has 2 rings (SSSR count). The van der Waals surface area contributed by atoms with Gasteiger partial charge < -0.3 is 15.2 Å². The first kappa shape index (κ1) is 14.9. The van der Waals surface area contributed by atoms with Gasteiger partial charge in [-0.25, -0.2) is 0 Å². The van der Waals surface area contributed by atoms with Gasteiger partial charge in [0.05, 0.1) is 13.2 Å². The Bertz CT molecular complexity index is 622. The third kappa shape index (κ3) is 3.75. The number of hydrogen-bond acceptors (Lipinski definition) is 4. The molecule has 1 aromatic heterocycles. The van der Waals surface area contributed by atoms with Crippen LogP contribution in [0.5, 0.6) is 11.5 Å². The Kier molecular flexibility index (Phi) is 4.81. The fraction of sp³-hybridized carbons (Fsp3) is 0.333. The molecule has 1 heterocycles. The normalized spacial score (nSPS) is 10.4. The smallest absolute Gasteiger partial charge is 0.161 e. The molecule has 0 aliphatic carbocycles. The van der Waals surface area contributed by atoms with Crippen molar-refractivity contribution in [3.63, 3.8) is 0 Å². The topological polar surface area (TPSA) is 86.2 Å². The van der Waals surface area contributed by atoms with E-state index in [0.29, 0.717) is 30.3 Å². The SMILES string of the molecule is CCOc1cc(C(=N)N)ccc1OCCc1ccnn1C. The zero-order valence-electron chi connectivity index (χ0n) is 12.3. The highest BCUT2D eigenvalue weighted by Crippen LogP contribution is 2.28. The Morgan fingerprint density at radius 3 is 2.71 bits per heavy atom. The van der Waals surface area contributed by atoms with E-state index >= 15 is 0 Å². The fourth-order valence-corrected chi connectivity index (χ4v) is 1.98. The number of benzene rings is 1. The Hall–Kier alpha value is -2.50. The predicted octanol–water partition coefficient (Wildman–Crippen LogP) is 1.72. The van der Waals surface area contributed by atoms with Crippen LogP contribution in [-0.2, 0) is 13.5 Å². The minimum Gasteiger partial charge on any atom is -0.490 e. The molecule has 0 saturated carbocycles. The van der Waals surface area contributed by atoms with Crippen molar-refractivity contribution in [3.8, 4) is 11.5 Å². The zero-order valence-corrected chi connectivity index (χ0v) is 12.3. The average Bonchev–Trinajstić information content (AvgIpc) is 2.86. The predicted molar refractivity (Wildman–Crippen MR) is 81.0 cm³/mol. The lowest BCUT2D eigenvalue weighted by molar-refractivity contribution is 0.277. The van der Waals surface area contributed by atoms with Crippen molar-refractivity contribution in [2.24, 2.45) is 12.8 Å². The van der Waals surface area contributed by atoms with Gasteiger partial charge in [0, 0.05) is 30.9 Å². The lowest BCUT2D eigenvalue weighted by atomic mass is 10.2. The van der Waals surface area contributed by atoms with Crippen molar-refractivity contribution < 1.29 is 9.47 Å². The van der Waals surface area contributed by atoms with E-state index in [0.717, 1.165) is 12.1 Å². The molecular formula is C15H20N4O2. The molecule has 0 atom stereocenters. The van der Waals surface area contributed by atoms with Gasteiger partial charge in [-0.05, 0) is 31.2 Å². The lowest BCUT2D eigenvalue weighted by Crippen LogP contribution is -2.12. The van der Waals surface area contributed by atoms with Gasteiger partial charge in [-0.3, -0.25) is 10.1 Å². The lowest BCUT2D eigenvalue weighted by Gasteiger charge is -2.13. The van der Waals surface area contributed by atoms with Crippen LogP contribution >= 0.6 is 0 Å². The minimum absolute atomic E-state index is 0.0115. The number of ether oxygens (including phenoxy) is 2. The number of nitrogens with two attached hydrogens (primary N) is 1. The van der Waals surface area contributed by atoms with E-state index < -0.39 is 0 Å². The van der Waals surface area contributed by atoms with Crippen molar-refractivity contribution in [2.45, 2.75) is 13.3 Å². The standard InChI is InChI=1S/C15H20N4O2/c1-3-20-14-10-11(15(16)17)4-5-13(14)21-9-7-12-6-8-18-19(12)2/h4-6,8,10H,3,7,9H2,1-2H3,(H3,16,17). The van der Waals surface area contributed by atoms with Gasteiger partial charge in [0.1, 0.15) is 5.84 Å². The molecule has 0 amide bonds. The third-order valence-electron chi connectivity index (χ3n) is 3.09. The summed E-state index contributed by atoms with van der Waals surface area (Å²) in [5, 5.41) is 11.6. The minimum atomic E-state index is 0.0115. The molecule has 3 N–H and O–H groups in total. The van der Waals surface area contributed by atoms with Crippen LogP contribution in [0.15, 0.2) is 30.5 Å². The highest BCUT2D eigenvalue weighted by molar-refractivity contribution is 5.95. The van der Waals surface area contributed by atoms with Crippen LogP contribution in [0.25, 0.3) is 0 Å². The maximum Gasteiger partial charge on any atom is 0.161 e. The molecule has 0 spiro atoms. The summed E-state index contributed by atoms with van der Waals surface area (Å²) in [5.41, 5.74) is 7.21. The first-order valence-electron chi connectivity index (χ1n) is 6.82. The van der Waals surface area contributed by atoms with Crippen LogP contribution in [-0.4, -0.2) is 28.8 Å². The second-order valence-corrected chi connectivity index (χ2v) is 4.55. The second kappa shape index (κ2) is 6.78. The molecule has 0 bridgehead atoms. The maximum atomic E-state index is 7.46. The summed E-state index contributed by atoms with van der Waals surface area (Å²) in [6.45, 7) is 2.96. The van der Waals surface area contributed by atoms with Crippen molar-refractivity contribution in [2.75, 3.05) is 13.2 Å². The Morgan fingerprint density at radius 1 is 1.29 bits per heavy atom. The largest absolute Gasteiger partial charge is 0.490 e. The number of amidine groups is 1. The molecule has 21 heavy (non-hydrogen) atoms. The van der Waals surface area contributed by atoms with E-state index in [-0.39, 0.29) is 5.84 Å². The average molecular weight is 288 g/mol. The summed E-state index contributed by atoms with van der Waals surface area (Å²) >= 11 is 0. The van der Waals surface area contributed by atoms with E-state index in [1.54, 1.807) is 24.4 Å². The number of nitrogens with one attached hydrogen (secondary N) is 1. The van der Waals surface area contributed by atoms with Gasteiger partial charge in [0.2, 0.25) is 0 Å². The molecule has 0 aliphatic heterocycles.